The number of amides is 4. The molecule has 7 rings (SSSR count). The number of carbonyl (C=O) groups excluding carboxylic acids is 3. The number of benzene rings is 2. The maximum Gasteiger partial charge on any atom is 0.328 e. The van der Waals surface area contributed by atoms with Crippen LogP contribution in [0.25, 0.3) is 21.9 Å². The number of aryl methyl sites for hydroxylation is 1. The number of unbranched alkanes of at least 4 members (excludes halogenated alkanes) is 1. The maximum atomic E-state index is 15.7. The van der Waals surface area contributed by atoms with Crippen LogP contribution in [0, 0.1) is 0 Å². The van der Waals surface area contributed by atoms with Gasteiger partial charge in [-0.3, -0.25) is 34.5 Å². The molecule has 3 saturated heterocycles. The van der Waals surface area contributed by atoms with E-state index in [4.69, 9.17) is 25.8 Å². The van der Waals surface area contributed by atoms with Crippen molar-refractivity contribution in [1.82, 2.24) is 24.7 Å². The summed E-state index contributed by atoms with van der Waals surface area (Å²) in [6, 6.07) is 10.0. The van der Waals surface area contributed by atoms with Gasteiger partial charge in [-0.1, -0.05) is 24.9 Å². The minimum absolute atomic E-state index is 0.0706. The van der Waals surface area contributed by atoms with Crippen molar-refractivity contribution in [3.63, 3.8) is 0 Å². The zero-order valence-electron chi connectivity index (χ0n) is 33.2. The highest BCUT2D eigenvalue weighted by molar-refractivity contribution is 6.34. The fourth-order valence-corrected chi connectivity index (χ4v) is 8.39. The summed E-state index contributed by atoms with van der Waals surface area (Å²) in [6.07, 6.45) is 7.67. The van der Waals surface area contributed by atoms with Gasteiger partial charge < -0.3 is 23.7 Å². The first-order valence-electron chi connectivity index (χ1n) is 20.0. The summed E-state index contributed by atoms with van der Waals surface area (Å²) in [5.74, 6) is 0.799. The maximum absolute atomic E-state index is 15.7. The highest BCUT2D eigenvalue weighted by Gasteiger charge is 2.34. The Kier molecular flexibility index (Phi) is 12.9. The number of ether oxygens (including phenoxy) is 3. The molecule has 0 bridgehead atoms. The van der Waals surface area contributed by atoms with Gasteiger partial charge in [0.2, 0.25) is 5.91 Å². The number of halogens is 2. The second kappa shape index (κ2) is 18.3. The third kappa shape index (κ3) is 8.84. The van der Waals surface area contributed by atoms with Gasteiger partial charge in [-0.2, -0.15) is 0 Å². The van der Waals surface area contributed by atoms with Crippen molar-refractivity contribution in [3.8, 4) is 22.6 Å². The molecule has 308 valence electrons. The Bertz CT molecular complexity index is 2230. The van der Waals surface area contributed by atoms with Crippen molar-refractivity contribution in [1.29, 1.82) is 0 Å². The number of nitrogens with one attached hydrogen (secondary N) is 1. The van der Waals surface area contributed by atoms with Gasteiger partial charge in [0, 0.05) is 87.5 Å². The number of nitrogens with zero attached hydrogens (tertiary/aromatic N) is 5. The number of urea groups is 1. The number of imide groups is 1. The lowest BCUT2D eigenvalue weighted by molar-refractivity contribution is -0.120. The summed E-state index contributed by atoms with van der Waals surface area (Å²) in [5.41, 5.74) is 3.30. The van der Waals surface area contributed by atoms with E-state index in [1.807, 2.05) is 24.4 Å². The number of carbonyl (C=O) groups is 3. The minimum Gasteiger partial charge on any atom is -0.496 e. The van der Waals surface area contributed by atoms with Gasteiger partial charge >= 0.3 is 6.03 Å². The second-order valence-electron chi connectivity index (χ2n) is 15.1. The van der Waals surface area contributed by atoms with Crippen LogP contribution < -0.4 is 25.2 Å². The van der Waals surface area contributed by atoms with Crippen molar-refractivity contribution in [2.75, 3.05) is 58.4 Å². The summed E-state index contributed by atoms with van der Waals surface area (Å²) in [5, 5.41) is 3.93. The fraction of sp³-hybridized carbons (Fsp3) is 0.465. The van der Waals surface area contributed by atoms with Crippen LogP contribution in [0.5, 0.6) is 11.5 Å². The summed E-state index contributed by atoms with van der Waals surface area (Å²) in [7, 11) is 3.27. The first-order valence-corrected chi connectivity index (χ1v) is 20.4. The van der Waals surface area contributed by atoms with Crippen molar-refractivity contribution < 1.29 is 33.0 Å². The minimum atomic E-state index is -1.16. The molecule has 0 unspecified atom stereocenters. The number of rotatable bonds is 13. The van der Waals surface area contributed by atoms with Crippen LogP contribution in [0.3, 0.4) is 0 Å². The molecule has 1 N–H and O–H groups in total. The van der Waals surface area contributed by atoms with E-state index in [1.165, 1.54) is 4.90 Å². The number of piperidine rings is 2. The average molecular weight is 817 g/mol. The molecular weight excluding hydrogens is 767 g/mol. The normalized spacial score (nSPS) is 19.4. The number of aromatic nitrogens is 2. The quantitative estimate of drug-likeness (QED) is 0.166. The van der Waals surface area contributed by atoms with Crippen LogP contribution in [-0.2, 0) is 22.5 Å². The van der Waals surface area contributed by atoms with Crippen LogP contribution in [-0.4, -0.2) is 109 Å². The van der Waals surface area contributed by atoms with Gasteiger partial charge in [0.15, 0.2) is 0 Å². The molecule has 58 heavy (non-hydrogen) atoms. The van der Waals surface area contributed by atoms with Crippen LogP contribution in [0.15, 0.2) is 59.8 Å². The predicted octanol–water partition coefficient (Wildman–Crippen LogP) is 6.26. The van der Waals surface area contributed by atoms with Crippen molar-refractivity contribution in [2.45, 2.75) is 76.8 Å². The molecule has 3 fully saturated rings. The molecule has 3 aliphatic rings. The van der Waals surface area contributed by atoms with Gasteiger partial charge in [-0.05, 0) is 79.5 Å². The molecule has 2 aromatic carbocycles. The van der Waals surface area contributed by atoms with E-state index in [1.54, 1.807) is 54.3 Å². The molecule has 2 aromatic heterocycles. The van der Waals surface area contributed by atoms with Gasteiger partial charge in [0.05, 0.1) is 42.5 Å². The number of methoxy groups -OCH3 is 2. The van der Waals surface area contributed by atoms with Gasteiger partial charge in [-0.25, -0.2) is 9.18 Å². The molecule has 0 radical (unpaired) electrons. The lowest BCUT2D eigenvalue weighted by atomic mass is 9.97. The van der Waals surface area contributed by atoms with E-state index >= 15 is 4.39 Å². The van der Waals surface area contributed by atoms with Crippen LogP contribution in [0.2, 0.25) is 5.02 Å². The Morgan fingerprint density at radius 1 is 0.948 bits per heavy atom. The lowest BCUT2D eigenvalue weighted by Crippen LogP contribution is -2.50. The summed E-state index contributed by atoms with van der Waals surface area (Å²) in [6.45, 7) is 5.33. The number of likely N-dealkylation sites (tertiary alicyclic amines) is 2. The third-order valence-electron chi connectivity index (χ3n) is 11.4. The van der Waals surface area contributed by atoms with Crippen molar-refractivity contribution in [3.05, 3.63) is 81.5 Å². The summed E-state index contributed by atoms with van der Waals surface area (Å²) in [4.78, 5) is 60.2. The molecule has 4 aromatic rings. The van der Waals surface area contributed by atoms with Gasteiger partial charge in [0.25, 0.3) is 11.5 Å². The van der Waals surface area contributed by atoms with E-state index in [0.29, 0.717) is 91.6 Å². The average Bonchev–Trinajstić information content (AvgIpc) is 3.23. The number of alkyl halides is 1. The van der Waals surface area contributed by atoms with Crippen LogP contribution in [0.1, 0.15) is 61.4 Å². The van der Waals surface area contributed by atoms with Crippen molar-refractivity contribution >= 4 is 45.9 Å². The Morgan fingerprint density at radius 3 is 2.47 bits per heavy atom. The standard InChI is InChI=1S/C43H50ClFN6O7/c1-4-5-15-50-25-33(30-8-14-46-24-32(30)42(50)54)31-23-38(56-2)27(22-39(31)57-3)9-16-48-17-12-37(35(45)26-48)58-29-10-18-49(19-11-29)41(53)28-6-7-34(44)36(21-28)51-20-13-40(52)47-43(51)55/h6-8,14,21-25,29,35,37H,4-5,9-13,15-20,26H2,1-3H3,(H,47,52,55)/t35-,37-/m1/s1. The third-order valence-corrected chi connectivity index (χ3v) is 11.7. The van der Waals surface area contributed by atoms with E-state index in [-0.39, 0.29) is 43.0 Å². The zero-order valence-corrected chi connectivity index (χ0v) is 33.9. The number of hydrogen-bond donors (Lipinski definition) is 1. The Morgan fingerprint density at radius 2 is 1.74 bits per heavy atom. The van der Waals surface area contributed by atoms with E-state index in [2.05, 4.69) is 22.1 Å². The lowest BCUT2D eigenvalue weighted by Gasteiger charge is -2.39. The number of pyridine rings is 2. The molecule has 0 aliphatic carbocycles. The molecule has 2 atom stereocenters. The van der Waals surface area contributed by atoms with E-state index in [9.17, 15) is 19.2 Å². The molecule has 4 amide bonds. The van der Waals surface area contributed by atoms with Crippen LogP contribution >= 0.6 is 11.6 Å². The molecule has 0 saturated carbocycles. The highest BCUT2D eigenvalue weighted by Crippen LogP contribution is 2.39. The predicted molar refractivity (Wildman–Crippen MR) is 220 cm³/mol. The largest absolute Gasteiger partial charge is 0.496 e. The monoisotopic (exact) mass is 816 g/mol. The molecule has 3 aliphatic heterocycles. The molecule has 13 nitrogen and oxygen atoms in total. The first-order chi connectivity index (χ1) is 28.1. The zero-order chi connectivity index (χ0) is 40.9. The van der Waals surface area contributed by atoms with Gasteiger partial charge in [-0.15, -0.1) is 0 Å². The van der Waals surface area contributed by atoms with Gasteiger partial charge in [0.1, 0.15) is 17.7 Å². The number of hydrogen-bond acceptors (Lipinski definition) is 9. The number of fused-ring (bicyclic) bond motifs is 1. The highest BCUT2D eigenvalue weighted by atomic mass is 35.5. The molecule has 0 spiro atoms. The Hall–Kier alpha value is -5.05. The topological polar surface area (TPSA) is 136 Å². The molecular formula is C43H50ClFN6O7. The Balaban J connectivity index is 0.939. The number of anilines is 1. The molecule has 5 heterocycles. The van der Waals surface area contributed by atoms with E-state index < -0.39 is 18.3 Å². The first kappa shape index (κ1) is 41.1. The molecule has 15 heteroatoms. The Labute approximate surface area is 342 Å². The summed E-state index contributed by atoms with van der Waals surface area (Å²) < 4.78 is 35.5. The second-order valence-corrected chi connectivity index (χ2v) is 15.5. The SMILES string of the molecule is CCCCn1cc(-c2cc(OC)c(CCN3CC[C@@H](OC4CCN(C(=O)c5ccc(Cl)c(N6CCC(=O)NC6=O)c5)CC4)[C@H](F)C3)cc2OC)c2ccncc2c1=O. The van der Waals surface area contributed by atoms with E-state index in [0.717, 1.165) is 34.9 Å². The fourth-order valence-electron chi connectivity index (χ4n) is 8.17. The van der Waals surface area contributed by atoms with Crippen LogP contribution in [0.4, 0.5) is 14.9 Å². The van der Waals surface area contributed by atoms with Crippen molar-refractivity contribution in [2.24, 2.45) is 0 Å². The summed E-state index contributed by atoms with van der Waals surface area (Å²) >= 11 is 6.38. The smallest absolute Gasteiger partial charge is 0.328 e.